The van der Waals surface area contributed by atoms with E-state index in [1.807, 2.05) is 23.0 Å². The van der Waals surface area contributed by atoms with Gasteiger partial charge in [-0.1, -0.05) is 30.3 Å². The lowest BCUT2D eigenvalue weighted by molar-refractivity contribution is -0.120. The summed E-state index contributed by atoms with van der Waals surface area (Å²) in [6.45, 7) is 3.88. The van der Waals surface area contributed by atoms with Crippen LogP contribution in [0.15, 0.2) is 48.8 Å². The Labute approximate surface area is 137 Å². The first-order valence-electron chi connectivity index (χ1n) is 8.21. The van der Waals surface area contributed by atoms with Crippen molar-refractivity contribution in [3.63, 3.8) is 0 Å². The zero-order chi connectivity index (χ0) is 16.1. The molecule has 1 fully saturated rings. The Morgan fingerprint density at radius 3 is 2.74 bits per heavy atom. The number of amides is 1. The molecule has 1 aromatic carbocycles. The number of carbonyl (C=O) groups excluding carboxylic acids is 1. The number of nitrogens with zero attached hydrogens (tertiary/aromatic N) is 2. The molecule has 1 aliphatic rings. The minimum absolute atomic E-state index is 0.0551. The smallest absolute Gasteiger partial charge is 0.233 e. The van der Waals surface area contributed by atoms with Crippen LogP contribution >= 0.6 is 0 Å². The molecular formula is C18H24N4O. The van der Waals surface area contributed by atoms with Crippen molar-refractivity contribution in [1.29, 1.82) is 0 Å². The Hall–Kier alpha value is -2.14. The summed E-state index contributed by atoms with van der Waals surface area (Å²) in [5.41, 5.74) is 1.50. The fourth-order valence-corrected chi connectivity index (χ4v) is 2.86. The van der Waals surface area contributed by atoms with Gasteiger partial charge in [0.05, 0.1) is 13.1 Å². The fraction of sp³-hybridized carbons (Fsp3) is 0.444. The molecule has 5 nitrogen and oxygen atoms in total. The molecular weight excluding hydrogens is 288 g/mol. The minimum Gasteiger partial charge on any atom is -0.354 e. The third-order valence-electron chi connectivity index (χ3n) is 4.49. The first-order chi connectivity index (χ1) is 11.2. The van der Waals surface area contributed by atoms with Crippen LogP contribution < -0.4 is 10.6 Å². The monoisotopic (exact) mass is 312 g/mol. The number of hydrogen-bond acceptors (Lipinski definition) is 3. The van der Waals surface area contributed by atoms with E-state index in [1.165, 1.54) is 5.56 Å². The second-order valence-corrected chi connectivity index (χ2v) is 6.43. The van der Waals surface area contributed by atoms with Gasteiger partial charge in [-0.3, -0.25) is 9.48 Å². The quantitative estimate of drug-likeness (QED) is 0.780. The van der Waals surface area contributed by atoms with Gasteiger partial charge in [-0.2, -0.15) is 5.10 Å². The summed E-state index contributed by atoms with van der Waals surface area (Å²) in [6, 6.07) is 12.6. The van der Waals surface area contributed by atoms with Crippen molar-refractivity contribution >= 4 is 5.91 Å². The molecule has 0 saturated heterocycles. The SMILES string of the molecule is CC(Cn1cccn1)NCC(=O)NCC1(c2ccccc2)CC1. The molecule has 1 saturated carbocycles. The molecule has 122 valence electrons. The van der Waals surface area contributed by atoms with E-state index in [9.17, 15) is 4.79 Å². The van der Waals surface area contributed by atoms with Gasteiger partial charge in [0.1, 0.15) is 0 Å². The third-order valence-corrected chi connectivity index (χ3v) is 4.49. The van der Waals surface area contributed by atoms with E-state index in [-0.39, 0.29) is 17.4 Å². The van der Waals surface area contributed by atoms with Gasteiger partial charge in [0.2, 0.25) is 5.91 Å². The van der Waals surface area contributed by atoms with Crippen molar-refractivity contribution < 1.29 is 4.79 Å². The van der Waals surface area contributed by atoms with E-state index in [0.29, 0.717) is 6.54 Å². The molecule has 0 aliphatic heterocycles. The van der Waals surface area contributed by atoms with Crippen LogP contribution in [-0.2, 0) is 16.8 Å². The average molecular weight is 312 g/mol. The molecule has 1 atom stereocenters. The summed E-state index contributed by atoms with van der Waals surface area (Å²) >= 11 is 0. The summed E-state index contributed by atoms with van der Waals surface area (Å²) < 4.78 is 1.87. The number of nitrogens with one attached hydrogen (secondary N) is 2. The standard InChI is InChI=1S/C18H24N4O/c1-15(13-22-11-5-10-21-22)19-12-17(23)20-14-18(8-9-18)16-6-3-2-4-7-16/h2-7,10-11,15,19H,8-9,12-14H2,1H3,(H,20,23). The van der Waals surface area contributed by atoms with E-state index >= 15 is 0 Å². The molecule has 1 aliphatic carbocycles. The largest absolute Gasteiger partial charge is 0.354 e. The van der Waals surface area contributed by atoms with Crippen LogP contribution in [0.1, 0.15) is 25.3 Å². The van der Waals surface area contributed by atoms with Gasteiger partial charge >= 0.3 is 0 Å². The highest BCUT2D eigenvalue weighted by molar-refractivity contribution is 5.78. The maximum atomic E-state index is 12.1. The first kappa shape index (κ1) is 15.7. The van der Waals surface area contributed by atoms with Crippen molar-refractivity contribution in [3.05, 3.63) is 54.4 Å². The Morgan fingerprint density at radius 1 is 1.30 bits per heavy atom. The molecule has 1 heterocycles. The topological polar surface area (TPSA) is 59.0 Å². The van der Waals surface area contributed by atoms with Crippen molar-refractivity contribution in [2.75, 3.05) is 13.1 Å². The van der Waals surface area contributed by atoms with Crippen LogP contribution in [0.4, 0.5) is 0 Å². The average Bonchev–Trinajstić information content (AvgIpc) is 3.21. The van der Waals surface area contributed by atoms with Crippen molar-refractivity contribution in [3.8, 4) is 0 Å². The molecule has 0 radical (unpaired) electrons. The Bertz CT molecular complexity index is 620. The molecule has 0 spiro atoms. The fourth-order valence-electron chi connectivity index (χ4n) is 2.86. The molecule has 1 unspecified atom stereocenters. The Balaban J connectivity index is 1.40. The predicted molar refractivity (Wildman–Crippen MR) is 90.1 cm³/mol. The lowest BCUT2D eigenvalue weighted by atomic mass is 9.96. The first-order valence-corrected chi connectivity index (χ1v) is 8.21. The maximum absolute atomic E-state index is 12.1. The van der Waals surface area contributed by atoms with Gasteiger partial charge in [-0.25, -0.2) is 0 Å². The van der Waals surface area contributed by atoms with Gasteiger partial charge in [0, 0.05) is 30.4 Å². The van der Waals surface area contributed by atoms with Crippen LogP contribution in [0.2, 0.25) is 0 Å². The Kier molecular flexibility index (Phi) is 4.76. The summed E-state index contributed by atoms with van der Waals surface area (Å²) in [5, 5.41) is 10.5. The maximum Gasteiger partial charge on any atom is 0.233 e. The predicted octanol–water partition coefficient (Wildman–Crippen LogP) is 1.71. The minimum atomic E-state index is 0.0551. The lowest BCUT2D eigenvalue weighted by Gasteiger charge is -2.18. The van der Waals surface area contributed by atoms with Crippen LogP contribution in [0.5, 0.6) is 0 Å². The highest BCUT2D eigenvalue weighted by Gasteiger charge is 2.44. The molecule has 3 rings (SSSR count). The van der Waals surface area contributed by atoms with Gasteiger partial charge in [0.25, 0.3) is 0 Å². The number of carbonyl (C=O) groups is 1. The normalized spacial score (nSPS) is 16.7. The van der Waals surface area contributed by atoms with Gasteiger partial charge in [0.15, 0.2) is 0 Å². The molecule has 5 heteroatoms. The highest BCUT2D eigenvalue weighted by atomic mass is 16.1. The van der Waals surface area contributed by atoms with E-state index < -0.39 is 0 Å². The van der Waals surface area contributed by atoms with Crippen LogP contribution in [0.25, 0.3) is 0 Å². The van der Waals surface area contributed by atoms with Crippen LogP contribution in [-0.4, -0.2) is 34.8 Å². The summed E-state index contributed by atoms with van der Waals surface area (Å²) in [6.07, 6.45) is 5.99. The van der Waals surface area contributed by atoms with Gasteiger partial charge < -0.3 is 10.6 Å². The summed E-state index contributed by atoms with van der Waals surface area (Å²) in [5.74, 6) is 0.0551. The highest BCUT2D eigenvalue weighted by Crippen LogP contribution is 2.47. The molecule has 2 aromatic rings. The van der Waals surface area contributed by atoms with Gasteiger partial charge in [-0.05, 0) is 31.4 Å². The summed E-state index contributed by atoms with van der Waals surface area (Å²) in [7, 11) is 0. The Morgan fingerprint density at radius 2 is 2.09 bits per heavy atom. The molecule has 1 aromatic heterocycles. The van der Waals surface area contributed by atoms with E-state index in [4.69, 9.17) is 0 Å². The van der Waals surface area contributed by atoms with Gasteiger partial charge in [-0.15, -0.1) is 0 Å². The molecule has 2 N–H and O–H groups in total. The van der Waals surface area contributed by atoms with E-state index in [2.05, 4.69) is 46.9 Å². The molecule has 23 heavy (non-hydrogen) atoms. The second-order valence-electron chi connectivity index (χ2n) is 6.43. The van der Waals surface area contributed by atoms with Crippen molar-refractivity contribution in [1.82, 2.24) is 20.4 Å². The van der Waals surface area contributed by atoms with Crippen LogP contribution in [0, 0.1) is 0 Å². The molecule has 1 amide bonds. The summed E-state index contributed by atoms with van der Waals surface area (Å²) in [4.78, 5) is 12.1. The third kappa shape index (κ3) is 4.20. The van der Waals surface area contributed by atoms with E-state index in [0.717, 1.165) is 25.9 Å². The lowest BCUT2D eigenvalue weighted by Crippen LogP contribution is -2.42. The zero-order valence-corrected chi connectivity index (χ0v) is 13.5. The zero-order valence-electron chi connectivity index (χ0n) is 13.5. The number of aromatic nitrogens is 2. The number of benzene rings is 1. The number of hydrogen-bond donors (Lipinski definition) is 2. The van der Waals surface area contributed by atoms with E-state index in [1.54, 1.807) is 6.20 Å². The second kappa shape index (κ2) is 6.96. The number of rotatable bonds is 8. The molecule has 0 bridgehead atoms. The van der Waals surface area contributed by atoms with Crippen molar-refractivity contribution in [2.24, 2.45) is 0 Å². The van der Waals surface area contributed by atoms with Crippen molar-refractivity contribution in [2.45, 2.75) is 37.8 Å². The van der Waals surface area contributed by atoms with Crippen LogP contribution in [0.3, 0.4) is 0 Å².